The highest BCUT2D eigenvalue weighted by Gasteiger charge is 2.22. The van der Waals surface area contributed by atoms with Gasteiger partial charge in [0.15, 0.2) is 0 Å². The highest BCUT2D eigenvalue weighted by molar-refractivity contribution is 7.96. The number of fused-ring (bicyclic) bond motifs is 1. The number of rotatable bonds is 5. The molecule has 2 N–H and O–H groups in total. The average molecular weight is 388 g/mol. The van der Waals surface area contributed by atoms with E-state index in [4.69, 9.17) is 0 Å². The second-order valence-corrected chi connectivity index (χ2v) is 8.45. The summed E-state index contributed by atoms with van der Waals surface area (Å²) in [5, 5.41) is 15.3. The second kappa shape index (κ2) is 8.63. The smallest absolute Gasteiger partial charge is 0.136 e. The van der Waals surface area contributed by atoms with Crippen molar-refractivity contribution >= 4 is 34.4 Å². The summed E-state index contributed by atoms with van der Waals surface area (Å²) in [7, 11) is 0. The van der Waals surface area contributed by atoms with Gasteiger partial charge in [-0.3, -0.25) is 4.31 Å². The van der Waals surface area contributed by atoms with Gasteiger partial charge < -0.3 is 15.3 Å². The van der Waals surface area contributed by atoms with Crippen LogP contribution in [0.2, 0.25) is 0 Å². The van der Waals surface area contributed by atoms with Crippen LogP contribution in [0.4, 0.5) is 11.6 Å². The summed E-state index contributed by atoms with van der Waals surface area (Å²) in [6, 6.07) is 4.68. The summed E-state index contributed by atoms with van der Waals surface area (Å²) >= 11 is 1.84. The molecule has 0 aliphatic carbocycles. The average Bonchev–Trinajstić information content (AvgIpc) is 2.74. The fraction of sp³-hybridized carbons (Fsp3) is 0.600. The summed E-state index contributed by atoms with van der Waals surface area (Å²) < 4.78 is 2.42. The molecular formula is C20H29N5OS. The number of aliphatic hydroxyl groups excluding tert-OH is 1. The van der Waals surface area contributed by atoms with Crippen LogP contribution in [0.1, 0.15) is 25.7 Å². The molecule has 0 unspecified atom stereocenters. The normalized spacial score (nSPS) is 20.3. The Balaban J connectivity index is 1.51. The van der Waals surface area contributed by atoms with Crippen molar-refractivity contribution in [2.24, 2.45) is 5.92 Å². The van der Waals surface area contributed by atoms with Crippen LogP contribution in [0, 0.1) is 5.92 Å². The summed E-state index contributed by atoms with van der Waals surface area (Å²) in [5.41, 5.74) is 0. The molecule has 2 saturated heterocycles. The number of hydrogen-bond donors (Lipinski definition) is 2. The molecule has 146 valence electrons. The molecule has 7 heteroatoms. The van der Waals surface area contributed by atoms with Gasteiger partial charge in [-0.25, -0.2) is 9.97 Å². The SMILES string of the molecule is CSN1CCC(Nc2cc3c(N4CCC(CO)CC4)nccc3cn2)CC1. The van der Waals surface area contributed by atoms with Gasteiger partial charge in [0, 0.05) is 62.0 Å². The van der Waals surface area contributed by atoms with Gasteiger partial charge in [0.1, 0.15) is 11.6 Å². The molecule has 2 aliphatic heterocycles. The number of pyridine rings is 2. The van der Waals surface area contributed by atoms with Crippen LogP contribution in [-0.2, 0) is 0 Å². The lowest BCUT2D eigenvalue weighted by molar-refractivity contribution is 0.203. The summed E-state index contributed by atoms with van der Waals surface area (Å²) in [5.74, 6) is 2.43. The lowest BCUT2D eigenvalue weighted by atomic mass is 9.97. The van der Waals surface area contributed by atoms with Crippen molar-refractivity contribution in [2.45, 2.75) is 31.7 Å². The van der Waals surface area contributed by atoms with Crippen LogP contribution in [0.5, 0.6) is 0 Å². The Kier molecular flexibility index (Phi) is 6.00. The van der Waals surface area contributed by atoms with Gasteiger partial charge in [-0.1, -0.05) is 11.9 Å². The van der Waals surface area contributed by atoms with E-state index in [1.54, 1.807) is 0 Å². The van der Waals surface area contributed by atoms with Gasteiger partial charge in [-0.15, -0.1) is 0 Å². The quantitative estimate of drug-likeness (QED) is 0.765. The van der Waals surface area contributed by atoms with Gasteiger partial charge >= 0.3 is 0 Å². The number of nitrogens with one attached hydrogen (secondary N) is 1. The minimum atomic E-state index is 0.296. The minimum Gasteiger partial charge on any atom is -0.396 e. The third-order valence-corrected chi connectivity index (χ3v) is 6.74. The Morgan fingerprint density at radius 3 is 2.63 bits per heavy atom. The van der Waals surface area contributed by atoms with Crippen LogP contribution in [0.15, 0.2) is 24.5 Å². The molecular weight excluding hydrogens is 358 g/mol. The summed E-state index contributed by atoms with van der Waals surface area (Å²) in [6.07, 6.45) is 10.3. The highest BCUT2D eigenvalue weighted by Crippen LogP contribution is 2.30. The Hall–Kier alpha value is -1.57. The maximum Gasteiger partial charge on any atom is 0.136 e. The molecule has 0 aromatic carbocycles. The predicted octanol–water partition coefficient (Wildman–Crippen LogP) is 2.99. The molecule has 0 amide bonds. The van der Waals surface area contributed by atoms with E-state index in [2.05, 4.69) is 36.8 Å². The Morgan fingerprint density at radius 2 is 1.93 bits per heavy atom. The van der Waals surface area contributed by atoms with Crippen molar-refractivity contribution in [2.75, 3.05) is 49.3 Å². The molecule has 0 spiro atoms. The van der Waals surface area contributed by atoms with Crippen molar-refractivity contribution in [1.29, 1.82) is 0 Å². The van der Waals surface area contributed by atoms with Crippen molar-refractivity contribution < 1.29 is 5.11 Å². The van der Waals surface area contributed by atoms with Crippen LogP contribution in [0.3, 0.4) is 0 Å². The molecule has 27 heavy (non-hydrogen) atoms. The maximum absolute atomic E-state index is 9.39. The number of nitrogens with zero attached hydrogens (tertiary/aromatic N) is 4. The van der Waals surface area contributed by atoms with E-state index in [1.807, 2.05) is 30.4 Å². The first-order chi connectivity index (χ1) is 13.3. The van der Waals surface area contributed by atoms with Crippen molar-refractivity contribution in [3.63, 3.8) is 0 Å². The zero-order chi connectivity index (χ0) is 18.6. The standard InChI is InChI=1S/C20H29N5OS/c1-27-25-10-5-17(6-11-25)23-19-12-18-16(13-22-19)2-7-21-20(18)24-8-3-15(14-26)4-9-24/h2,7,12-13,15,17,26H,3-6,8-11,14H2,1H3,(H,22,23). The minimum absolute atomic E-state index is 0.296. The van der Waals surface area contributed by atoms with E-state index in [9.17, 15) is 5.11 Å². The van der Waals surface area contributed by atoms with Crippen LogP contribution in [-0.4, -0.2) is 64.5 Å². The number of piperidine rings is 2. The maximum atomic E-state index is 9.39. The molecule has 2 aromatic heterocycles. The third-order valence-electron chi connectivity index (χ3n) is 5.86. The van der Waals surface area contributed by atoms with Gasteiger partial charge in [0.25, 0.3) is 0 Å². The van der Waals surface area contributed by atoms with E-state index in [0.717, 1.165) is 68.9 Å². The third kappa shape index (κ3) is 4.31. The molecule has 0 radical (unpaired) electrons. The summed E-state index contributed by atoms with van der Waals surface area (Å²) in [6.45, 7) is 4.45. The van der Waals surface area contributed by atoms with Crippen molar-refractivity contribution in [3.05, 3.63) is 24.5 Å². The molecule has 4 heterocycles. The van der Waals surface area contributed by atoms with Gasteiger partial charge in [-0.2, -0.15) is 0 Å². The lowest BCUT2D eigenvalue weighted by Crippen LogP contribution is -2.36. The molecule has 4 rings (SSSR count). The van der Waals surface area contributed by atoms with Gasteiger partial charge in [-0.05, 0) is 50.0 Å². The molecule has 0 bridgehead atoms. The molecule has 0 saturated carbocycles. The number of aromatic nitrogens is 2. The Labute approximate surface area is 165 Å². The Morgan fingerprint density at radius 1 is 1.15 bits per heavy atom. The second-order valence-electron chi connectivity index (χ2n) is 7.57. The van der Waals surface area contributed by atoms with E-state index in [-0.39, 0.29) is 0 Å². The van der Waals surface area contributed by atoms with Gasteiger partial charge in [0.05, 0.1) is 0 Å². The highest BCUT2D eigenvalue weighted by atomic mass is 32.2. The molecule has 6 nitrogen and oxygen atoms in total. The topological polar surface area (TPSA) is 64.5 Å². The first-order valence-electron chi connectivity index (χ1n) is 9.93. The van der Waals surface area contributed by atoms with E-state index >= 15 is 0 Å². The number of anilines is 2. The fourth-order valence-electron chi connectivity index (χ4n) is 4.10. The zero-order valence-electron chi connectivity index (χ0n) is 16.0. The molecule has 2 aliphatic rings. The van der Waals surface area contributed by atoms with E-state index in [0.29, 0.717) is 18.6 Å². The van der Waals surface area contributed by atoms with E-state index < -0.39 is 0 Å². The monoisotopic (exact) mass is 387 g/mol. The zero-order valence-corrected chi connectivity index (χ0v) is 16.8. The fourth-order valence-corrected chi connectivity index (χ4v) is 4.68. The van der Waals surface area contributed by atoms with Gasteiger partial charge in [0.2, 0.25) is 0 Å². The summed E-state index contributed by atoms with van der Waals surface area (Å²) in [4.78, 5) is 11.7. The van der Waals surface area contributed by atoms with Crippen LogP contribution < -0.4 is 10.2 Å². The largest absolute Gasteiger partial charge is 0.396 e. The van der Waals surface area contributed by atoms with Crippen LogP contribution in [0.25, 0.3) is 10.8 Å². The lowest BCUT2D eigenvalue weighted by Gasteiger charge is -2.33. The van der Waals surface area contributed by atoms with Crippen molar-refractivity contribution in [1.82, 2.24) is 14.3 Å². The molecule has 0 atom stereocenters. The first-order valence-corrected chi connectivity index (χ1v) is 11.1. The Bertz CT molecular complexity index is 757. The molecule has 2 fully saturated rings. The predicted molar refractivity (Wildman–Crippen MR) is 113 cm³/mol. The first kappa shape index (κ1) is 18.8. The van der Waals surface area contributed by atoms with Crippen molar-refractivity contribution in [3.8, 4) is 0 Å². The molecule has 2 aromatic rings. The number of aliphatic hydroxyl groups is 1. The van der Waals surface area contributed by atoms with Crippen LogP contribution >= 0.6 is 11.9 Å². The number of hydrogen-bond acceptors (Lipinski definition) is 7. The van der Waals surface area contributed by atoms with E-state index in [1.165, 1.54) is 5.39 Å².